The number of benzene rings is 7. The highest BCUT2D eigenvalue weighted by atomic mass is 15.1. The van der Waals surface area contributed by atoms with Crippen molar-refractivity contribution in [2.45, 2.75) is 44.4 Å². The molecule has 3 aliphatic carbocycles. The zero-order valence-corrected chi connectivity index (χ0v) is 38.0. The fraction of sp³-hybridized carbons (Fsp3) is 0.108. The number of allylic oxidation sites excluding steroid dienone is 8. The van der Waals surface area contributed by atoms with Gasteiger partial charge in [0, 0.05) is 38.8 Å². The molecule has 0 aliphatic heterocycles. The monoisotopic (exact) mass is 856 g/mol. The van der Waals surface area contributed by atoms with Gasteiger partial charge in [-0.25, -0.2) is 0 Å². The molecule has 0 radical (unpaired) electrons. The van der Waals surface area contributed by atoms with Gasteiger partial charge in [0.2, 0.25) is 0 Å². The molecule has 0 saturated heterocycles. The summed E-state index contributed by atoms with van der Waals surface area (Å²) in [5, 5.41) is 2.39. The van der Waals surface area contributed by atoms with Crippen LogP contribution >= 0.6 is 0 Å². The van der Waals surface area contributed by atoms with Crippen LogP contribution in [0.2, 0.25) is 0 Å². The van der Waals surface area contributed by atoms with Crippen molar-refractivity contribution in [1.29, 1.82) is 0 Å². The van der Waals surface area contributed by atoms with E-state index in [1.165, 1.54) is 66.4 Å². The Labute approximate surface area is 394 Å². The van der Waals surface area contributed by atoms with Gasteiger partial charge in [0.15, 0.2) is 0 Å². The first-order valence-corrected chi connectivity index (χ1v) is 23.4. The Morgan fingerprint density at radius 3 is 2.18 bits per heavy atom. The van der Waals surface area contributed by atoms with Gasteiger partial charge >= 0.3 is 0 Å². The number of rotatable bonds is 8. The van der Waals surface area contributed by atoms with Crippen LogP contribution in [0.25, 0.3) is 55.3 Å². The maximum Gasteiger partial charge on any atom is 0.105 e. The molecule has 0 N–H and O–H groups in total. The molecule has 1 heterocycles. The second kappa shape index (κ2) is 15.7. The van der Waals surface area contributed by atoms with Gasteiger partial charge in [0.05, 0.1) is 16.6 Å². The number of fused-ring (bicyclic) bond motifs is 7. The Morgan fingerprint density at radius 2 is 1.39 bits per heavy atom. The molecule has 1 unspecified atom stereocenters. The second-order valence-corrected chi connectivity index (χ2v) is 18.5. The second-order valence-electron chi connectivity index (χ2n) is 18.5. The molecule has 12 rings (SSSR count). The average molecular weight is 857 g/mol. The molecule has 9 aromatic rings. The van der Waals surface area contributed by atoms with E-state index in [4.69, 9.17) is 6.42 Å². The predicted octanol–water partition coefficient (Wildman–Crippen LogP) is 16.4. The molecule has 318 valence electrons. The van der Waals surface area contributed by atoms with Crippen LogP contribution in [0.1, 0.15) is 61.4 Å². The molecule has 1 aromatic heterocycles. The number of nitrogens with zero attached hydrogens (tertiary/aromatic N) is 2. The molecular weight excluding hydrogens is 809 g/mol. The molecule has 1 atom stereocenters. The summed E-state index contributed by atoms with van der Waals surface area (Å²) in [4.78, 5) is 2.49. The zero-order valence-electron chi connectivity index (χ0n) is 38.0. The Kier molecular flexibility index (Phi) is 9.43. The van der Waals surface area contributed by atoms with Gasteiger partial charge in [-0.1, -0.05) is 159 Å². The Bertz CT molecular complexity index is 3550. The summed E-state index contributed by atoms with van der Waals surface area (Å²) in [6.45, 7) is 7.01. The lowest BCUT2D eigenvalue weighted by Gasteiger charge is -2.37. The van der Waals surface area contributed by atoms with Crippen LogP contribution in [-0.4, -0.2) is 4.57 Å². The summed E-state index contributed by atoms with van der Waals surface area (Å²) >= 11 is 0. The fourth-order valence-corrected chi connectivity index (χ4v) is 11.7. The smallest absolute Gasteiger partial charge is 0.105 e. The van der Waals surface area contributed by atoms with Crippen LogP contribution in [0.4, 0.5) is 17.1 Å². The number of terminal acetylenes is 1. The van der Waals surface area contributed by atoms with Crippen LogP contribution in [-0.2, 0) is 10.8 Å². The van der Waals surface area contributed by atoms with E-state index in [9.17, 15) is 0 Å². The van der Waals surface area contributed by atoms with E-state index in [2.05, 4.69) is 242 Å². The molecule has 0 spiro atoms. The van der Waals surface area contributed by atoms with Gasteiger partial charge in [0.25, 0.3) is 0 Å². The molecule has 0 fully saturated rings. The van der Waals surface area contributed by atoms with Crippen molar-refractivity contribution < 1.29 is 0 Å². The van der Waals surface area contributed by atoms with Crippen LogP contribution in [0.3, 0.4) is 0 Å². The topological polar surface area (TPSA) is 8.17 Å². The highest BCUT2D eigenvalue weighted by molar-refractivity contribution is 6.08. The average Bonchev–Trinajstić information content (AvgIpc) is 3.94. The maximum atomic E-state index is 6.02. The lowest BCUT2D eigenvalue weighted by atomic mass is 9.65. The van der Waals surface area contributed by atoms with Gasteiger partial charge in [-0.2, -0.15) is 0 Å². The number of aromatic nitrogens is 1. The lowest BCUT2D eigenvalue weighted by molar-refractivity contribution is 0.660. The largest absolute Gasteiger partial charge is 0.310 e. The Hall–Kier alpha value is -8.30. The number of hydrogen-bond donors (Lipinski definition) is 0. The molecule has 2 nitrogen and oxygen atoms in total. The van der Waals surface area contributed by atoms with Gasteiger partial charge in [-0.15, -0.1) is 6.42 Å². The van der Waals surface area contributed by atoms with Crippen molar-refractivity contribution in [3.8, 4) is 40.3 Å². The standard InChI is InChI=1S/C65H48N2/c1-5-6-27-56-44(2)63-58(65(56,47-20-9-7-10-21-47)48-22-11-8-12-23-48)29-19-32-62(63)66(51-41-42-53-52-24-13-16-28-57(52)64(3,4)59(53)43-51)49-37-33-45(34-38-49)46-35-39-50(40-36-46)67-60-30-17-14-25-54(60)55-26-15-18-31-61(55)67/h1,6-7,9-11,13-17,19-30,32-43H,8,12H2,2-4H3/b27-6-. The first-order chi connectivity index (χ1) is 32.9. The fourth-order valence-electron chi connectivity index (χ4n) is 11.7. The molecule has 0 amide bonds. The van der Waals surface area contributed by atoms with Gasteiger partial charge in [-0.3, -0.25) is 0 Å². The maximum absolute atomic E-state index is 6.02. The summed E-state index contributed by atoms with van der Waals surface area (Å²) in [6.07, 6.45) is 19.2. The first-order valence-electron chi connectivity index (χ1n) is 23.4. The third kappa shape index (κ3) is 6.07. The first kappa shape index (κ1) is 40.2. The summed E-state index contributed by atoms with van der Waals surface area (Å²) in [5.74, 6) is 2.84. The molecule has 67 heavy (non-hydrogen) atoms. The van der Waals surface area contributed by atoms with Gasteiger partial charge < -0.3 is 9.47 Å². The minimum Gasteiger partial charge on any atom is -0.310 e. The van der Waals surface area contributed by atoms with Crippen molar-refractivity contribution >= 4 is 44.4 Å². The third-order valence-corrected chi connectivity index (χ3v) is 14.7. The van der Waals surface area contributed by atoms with Crippen LogP contribution in [0.15, 0.2) is 217 Å². The van der Waals surface area contributed by atoms with Crippen molar-refractivity contribution in [3.05, 3.63) is 257 Å². The van der Waals surface area contributed by atoms with Crippen molar-refractivity contribution in [3.63, 3.8) is 0 Å². The minimum absolute atomic E-state index is 0.164. The van der Waals surface area contributed by atoms with E-state index in [1.807, 2.05) is 12.1 Å². The number of hydrogen-bond acceptors (Lipinski definition) is 1. The molecular formula is C65H48N2. The van der Waals surface area contributed by atoms with Crippen LogP contribution < -0.4 is 4.90 Å². The lowest BCUT2D eigenvalue weighted by Crippen LogP contribution is -2.30. The van der Waals surface area contributed by atoms with E-state index in [-0.39, 0.29) is 5.41 Å². The molecule has 0 saturated carbocycles. The quantitative estimate of drug-likeness (QED) is 0.138. The third-order valence-electron chi connectivity index (χ3n) is 14.7. The van der Waals surface area contributed by atoms with Gasteiger partial charge in [0.1, 0.15) is 5.52 Å². The van der Waals surface area contributed by atoms with E-state index in [0.29, 0.717) is 0 Å². The van der Waals surface area contributed by atoms with Gasteiger partial charge in [-0.05, 0) is 160 Å². The molecule has 3 aliphatic rings. The van der Waals surface area contributed by atoms with E-state index in [1.54, 1.807) is 0 Å². The van der Waals surface area contributed by atoms with E-state index < -0.39 is 5.41 Å². The van der Waals surface area contributed by atoms with E-state index >= 15 is 0 Å². The highest BCUT2D eigenvalue weighted by Crippen LogP contribution is 2.59. The van der Waals surface area contributed by atoms with Crippen molar-refractivity contribution in [2.24, 2.45) is 0 Å². The predicted molar refractivity (Wildman–Crippen MR) is 280 cm³/mol. The number of para-hydroxylation sites is 1. The summed E-state index contributed by atoms with van der Waals surface area (Å²) in [6, 6.07) is 71.1. The van der Waals surface area contributed by atoms with Crippen LogP contribution in [0.5, 0.6) is 0 Å². The normalized spacial score (nSPS) is 16.7. The van der Waals surface area contributed by atoms with Crippen LogP contribution in [0, 0.1) is 24.5 Å². The number of anilines is 3. The zero-order chi connectivity index (χ0) is 45.3. The SMILES string of the molecule is C#C/C=C\C1=C(C)c2c(N(c3ccc(-c4ccc(-n5c6c#cccc6c6ccccc65)cc4)cc3)c3ccc4c(c3)C(C)(C)c3ccccc3-4)cccc2C1(C1=CCCC=C1)c1ccccc1. The minimum atomic E-state index is -0.556. The summed E-state index contributed by atoms with van der Waals surface area (Å²) in [5.41, 5.74) is 20.9. The molecule has 2 heteroatoms. The summed E-state index contributed by atoms with van der Waals surface area (Å²) in [7, 11) is 0. The summed E-state index contributed by atoms with van der Waals surface area (Å²) < 4.78 is 2.29. The Morgan fingerprint density at radius 1 is 0.672 bits per heavy atom. The Balaban J connectivity index is 1.03. The van der Waals surface area contributed by atoms with Crippen molar-refractivity contribution in [1.82, 2.24) is 4.57 Å². The molecule has 0 bridgehead atoms. The van der Waals surface area contributed by atoms with Crippen molar-refractivity contribution in [2.75, 3.05) is 4.90 Å². The molecule has 8 aromatic carbocycles. The van der Waals surface area contributed by atoms with E-state index in [0.717, 1.165) is 57.8 Å². The highest BCUT2D eigenvalue weighted by Gasteiger charge is 2.48.